The normalized spacial score (nSPS) is 11.9. The summed E-state index contributed by atoms with van der Waals surface area (Å²) >= 11 is 0. The Labute approximate surface area is 198 Å². The zero-order valence-electron chi connectivity index (χ0n) is 19.2. The molecule has 168 valence electrons. The summed E-state index contributed by atoms with van der Waals surface area (Å²) < 4.78 is 7.65. The average molecular weight is 448 g/mol. The summed E-state index contributed by atoms with van der Waals surface area (Å²) in [6.07, 6.45) is 2.52. The maximum Gasteiger partial charge on any atom is 0.309 e. The van der Waals surface area contributed by atoms with Crippen molar-refractivity contribution in [3.05, 3.63) is 120 Å². The van der Waals surface area contributed by atoms with E-state index in [0.29, 0.717) is 23.6 Å². The van der Waals surface area contributed by atoms with E-state index in [0.717, 1.165) is 28.1 Å². The summed E-state index contributed by atoms with van der Waals surface area (Å²) in [5.74, 6) is -0.0149. The Hall–Kier alpha value is -4.25. The average Bonchev–Trinajstić information content (AvgIpc) is 3.23. The van der Waals surface area contributed by atoms with E-state index in [1.807, 2.05) is 77.3 Å². The van der Waals surface area contributed by atoms with Crippen molar-refractivity contribution < 1.29 is 9.53 Å². The fourth-order valence-electron chi connectivity index (χ4n) is 4.18. The number of ether oxygens (including phenoxy) is 1. The number of esters is 1. The molecule has 0 saturated heterocycles. The molecule has 1 unspecified atom stereocenters. The van der Waals surface area contributed by atoms with Gasteiger partial charge in [0, 0.05) is 31.0 Å². The monoisotopic (exact) mass is 447 g/mol. The zero-order chi connectivity index (χ0) is 23.5. The van der Waals surface area contributed by atoms with E-state index >= 15 is 0 Å². The van der Waals surface area contributed by atoms with Gasteiger partial charge in [0.25, 0.3) is 0 Å². The molecule has 0 spiro atoms. The van der Waals surface area contributed by atoms with Gasteiger partial charge < -0.3 is 4.74 Å². The van der Waals surface area contributed by atoms with Gasteiger partial charge in [-0.3, -0.25) is 9.20 Å². The van der Waals surface area contributed by atoms with E-state index in [9.17, 15) is 4.79 Å². The van der Waals surface area contributed by atoms with Gasteiger partial charge in [0.2, 0.25) is 5.88 Å². The van der Waals surface area contributed by atoms with Crippen molar-refractivity contribution in [2.45, 2.75) is 26.2 Å². The molecule has 0 bridgehead atoms. The largest absolute Gasteiger partial charge is 0.407 e. The van der Waals surface area contributed by atoms with Crippen LogP contribution >= 0.6 is 0 Å². The summed E-state index contributed by atoms with van der Waals surface area (Å²) in [7, 11) is 0. The fourth-order valence-corrected chi connectivity index (χ4v) is 4.18. The van der Waals surface area contributed by atoms with Crippen LogP contribution in [0.5, 0.6) is 5.88 Å². The van der Waals surface area contributed by atoms with Crippen LogP contribution in [0.15, 0.2) is 97.2 Å². The van der Waals surface area contributed by atoms with Gasteiger partial charge in [-0.2, -0.15) is 0 Å². The molecule has 5 nitrogen and oxygen atoms in total. The SMILES string of the molecule is CC(=O)Oc1c(C(C)c2ccccc2)nc2c(Cc3ccccc3)nc(-c3ccccc3)cn12. The van der Waals surface area contributed by atoms with Gasteiger partial charge >= 0.3 is 5.97 Å². The third kappa shape index (κ3) is 4.33. The van der Waals surface area contributed by atoms with E-state index in [-0.39, 0.29) is 11.9 Å². The molecule has 0 aliphatic heterocycles. The first kappa shape index (κ1) is 21.6. The number of carbonyl (C=O) groups is 1. The number of rotatable bonds is 6. The number of carbonyl (C=O) groups excluding carboxylic acids is 1. The molecular weight excluding hydrogens is 422 g/mol. The Morgan fingerprint density at radius 2 is 1.50 bits per heavy atom. The highest BCUT2D eigenvalue weighted by molar-refractivity contribution is 5.71. The Morgan fingerprint density at radius 1 is 0.882 bits per heavy atom. The van der Waals surface area contributed by atoms with Crippen LogP contribution in [0.25, 0.3) is 16.9 Å². The van der Waals surface area contributed by atoms with Gasteiger partial charge in [-0.05, 0) is 11.1 Å². The predicted octanol–water partition coefficient (Wildman–Crippen LogP) is 6.06. The van der Waals surface area contributed by atoms with Gasteiger partial charge in [-0.25, -0.2) is 9.97 Å². The van der Waals surface area contributed by atoms with Crippen LogP contribution in [0.1, 0.15) is 42.3 Å². The quantitative estimate of drug-likeness (QED) is 0.297. The van der Waals surface area contributed by atoms with Crippen LogP contribution in [-0.2, 0) is 11.2 Å². The van der Waals surface area contributed by atoms with Gasteiger partial charge in [0.1, 0.15) is 5.69 Å². The molecule has 1 atom stereocenters. The minimum atomic E-state index is -0.383. The minimum absolute atomic E-state index is 0.0693. The predicted molar refractivity (Wildman–Crippen MR) is 133 cm³/mol. The van der Waals surface area contributed by atoms with Crippen molar-refractivity contribution >= 4 is 11.6 Å². The van der Waals surface area contributed by atoms with Crippen molar-refractivity contribution in [3.8, 4) is 17.1 Å². The summed E-state index contributed by atoms with van der Waals surface area (Å²) in [5, 5.41) is 0. The highest BCUT2D eigenvalue weighted by atomic mass is 16.5. The molecule has 5 heteroatoms. The molecule has 0 fully saturated rings. The molecule has 0 N–H and O–H groups in total. The molecule has 0 amide bonds. The standard InChI is InChI=1S/C29H25N3O2/c1-20(23-14-8-4-9-15-23)27-29(34-21(2)33)32-19-26(24-16-10-5-11-17-24)30-25(28(32)31-27)18-22-12-6-3-7-13-22/h3-17,19-20H,18H2,1-2H3. The molecule has 2 aromatic heterocycles. The van der Waals surface area contributed by atoms with Crippen LogP contribution in [-0.4, -0.2) is 20.3 Å². The Morgan fingerprint density at radius 3 is 2.15 bits per heavy atom. The number of nitrogens with zero attached hydrogens (tertiary/aromatic N) is 3. The molecule has 2 heterocycles. The van der Waals surface area contributed by atoms with Crippen molar-refractivity contribution in [1.82, 2.24) is 14.4 Å². The molecular formula is C29H25N3O2. The summed E-state index contributed by atoms with van der Waals surface area (Å²) in [6, 6.07) is 30.3. The number of aromatic nitrogens is 3. The highest BCUT2D eigenvalue weighted by Gasteiger charge is 2.24. The van der Waals surface area contributed by atoms with Crippen LogP contribution in [0.2, 0.25) is 0 Å². The lowest BCUT2D eigenvalue weighted by atomic mass is 9.98. The Bertz CT molecular complexity index is 1430. The van der Waals surface area contributed by atoms with Crippen LogP contribution < -0.4 is 4.74 Å². The van der Waals surface area contributed by atoms with Gasteiger partial charge in [0.15, 0.2) is 5.65 Å². The van der Waals surface area contributed by atoms with E-state index in [1.54, 1.807) is 0 Å². The lowest BCUT2D eigenvalue weighted by Gasteiger charge is -2.12. The maximum absolute atomic E-state index is 12.1. The van der Waals surface area contributed by atoms with Crippen LogP contribution in [0.4, 0.5) is 0 Å². The molecule has 0 radical (unpaired) electrons. The Balaban J connectivity index is 1.75. The van der Waals surface area contributed by atoms with E-state index in [1.165, 1.54) is 6.92 Å². The van der Waals surface area contributed by atoms with Gasteiger partial charge in [0.05, 0.1) is 11.4 Å². The highest BCUT2D eigenvalue weighted by Crippen LogP contribution is 2.34. The fraction of sp³-hybridized carbons (Fsp3) is 0.138. The van der Waals surface area contributed by atoms with Crippen molar-refractivity contribution in [3.63, 3.8) is 0 Å². The summed E-state index contributed by atoms with van der Waals surface area (Å²) in [5.41, 5.74) is 6.24. The lowest BCUT2D eigenvalue weighted by Crippen LogP contribution is -2.08. The van der Waals surface area contributed by atoms with Crippen LogP contribution in [0, 0.1) is 0 Å². The maximum atomic E-state index is 12.1. The molecule has 0 aliphatic rings. The van der Waals surface area contributed by atoms with E-state index in [2.05, 4.69) is 31.2 Å². The summed E-state index contributed by atoms with van der Waals surface area (Å²) in [4.78, 5) is 22.1. The topological polar surface area (TPSA) is 56.5 Å². The molecule has 0 aliphatic carbocycles. The van der Waals surface area contributed by atoms with Gasteiger partial charge in [-0.15, -0.1) is 0 Å². The smallest absolute Gasteiger partial charge is 0.309 e. The number of hydrogen-bond acceptors (Lipinski definition) is 4. The third-order valence-corrected chi connectivity index (χ3v) is 5.89. The second-order valence-electron chi connectivity index (χ2n) is 8.32. The first-order chi connectivity index (χ1) is 16.6. The molecule has 34 heavy (non-hydrogen) atoms. The molecule has 0 saturated carbocycles. The Kier molecular flexibility index (Phi) is 5.91. The molecule has 5 aromatic rings. The molecule has 5 rings (SSSR count). The minimum Gasteiger partial charge on any atom is -0.407 e. The number of benzene rings is 3. The lowest BCUT2D eigenvalue weighted by molar-refractivity contribution is -0.132. The van der Waals surface area contributed by atoms with Gasteiger partial charge in [-0.1, -0.05) is 97.9 Å². The van der Waals surface area contributed by atoms with Crippen molar-refractivity contribution in [2.24, 2.45) is 0 Å². The zero-order valence-corrected chi connectivity index (χ0v) is 19.2. The van der Waals surface area contributed by atoms with Crippen LogP contribution in [0.3, 0.4) is 0 Å². The summed E-state index contributed by atoms with van der Waals surface area (Å²) in [6.45, 7) is 3.49. The second-order valence-corrected chi connectivity index (χ2v) is 8.32. The number of fused-ring (bicyclic) bond motifs is 1. The molecule has 3 aromatic carbocycles. The number of imidazole rings is 1. The van der Waals surface area contributed by atoms with Crippen molar-refractivity contribution in [2.75, 3.05) is 0 Å². The second kappa shape index (κ2) is 9.32. The van der Waals surface area contributed by atoms with E-state index in [4.69, 9.17) is 14.7 Å². The third-order valence-electron chi connectivity index (χ3n) is 5.89. The number of hydrogen-bond donors (Lipinski definition) is 0. The first-order valence-corrected chi connectivity index (χ1v) is 11.3. The van der Waals surface area contributed by atoms with Crippen molar-refractivity contribution in [1.29, 1.82) is 0 Å². The van der Waals surface area contributed by atoms with E-state index < -0.39 is 0 Å². The first-order valence-electron chi connectivity index (χ1n) is 11.3.